The zero-order chi connectivity index (χ0) is 13.2. The van der Waals surface area contributed by atoms with E-state index in [4.69, 9.17) is 11.6 Å². The van der Waals surface area contributed by atoms with E-state index in [-0.39, 0.29) is 5.41 Å². The summed E-state index contributed by atoms with van der Waals surface area (Å²) < 4.78 is 0. The normalized spacial score (nSPS) is 17.8. The third kappa shape index (κ3) is 3.75. The van der Waals surface area contributed by atoms with Crippen LogP contribution in [-0.4, -0.2) is 27.5 Å². The smallest absolute Gasteiger partial charge is 0.137 e. The zero-order valence-electron chi connectivity index (χ0n) is 11.2. The van der Waals surface area contributed by atoms with Crippen molar-refractivity contribution in [2.75, 3.05) is 16.8 Å². The highest BCUT2D eigenvalue weighted by molar-refractivity contribution is 7.99. The molecule has 18 heavy (non-hydrogen) atoms. The van der Waals surface area contributed by atoms with E-state index in [2.05, 4.69) is 36.1 Å². The minimum atomic E-state index is -0.0796. The summed E-state index contributed by atoms with van der Waals surface area (Å²) in [6, 6.07) is 2.34. The minimum Gasteiger partial charge on any atom is -0.367 e. The first-order chi connectivity index (χ1) is 8.45. The van der Waals surface area contributed by atoms with Gasteiger partial charge in [-0.2, -0.15) is 11.8 Å². The van der Waals surface area contributed by atoms with Crippen LogP contribution in [0.3, 0.4) is 0 Å². The Morgan fingerprint density at radius 3 is 2.56 bits per heavy atom. The molecule has 1 saturated heterocycles. The van der Waals surface area contributed by atoms with Gasteiger partial charge in [0.2, 0.25) is 0 Å². The molecule has 5 heteroatoms. The van der Waals surface area contributed by atoms with Gasteiger partial charge in [0, 0.05) is 17.5 Å². The van der Waals surface area contributed by atoms with Crippen molar-refractivity contribution in [3.05, 3.63) is 17.0 Å². The van der Waals surface area contributed by atoms with Crippen molar-refractivity contribution in [1.29, 1.82) is 0 Å². The number of anilines is 1. The van der Waals surface area contributed by atoms with Crippen molar-refractivity contribution in [3.8, 4) is 0 Å². The molecule has 0 aromatic carbocycles. The molecule has 1 aromatic rings. The lowest BCUT2D eigenvalue weighted by atomic mass is 9.96. The molecule has 2 heterocycles. The van der Waals surface area contributed by atoms with Gasteiger partial charge in [0.15, 0.2) is 0 Å². The van der Waals surface area contributed by atoms with E-state index in [1.165, 1.54) is 24.3 Å². The van der Waals surface area contributed by atoms with Crippen LogP contribution in [0.15, 0.2) is 6.07 Å². The average Bonchev–Trinajstić information content (AvgIpc) is 2.28. The van der Waals surface area contributed by atoms with Gasteiger partial charge < -0.3 is 5.32 Å². The second-order valence-corrected chi connectivity index (χ2v) is 7.29. The maximum Gasteiger partial charge on any atom is 0.137 e. The van der Waals surface area contributed by atoms with Crippen LogP contribution in [0.1, 0.15) is 39.4 Å². The highest BCUT2D eigenvalue weighted by Crippen LogP contribution is 2.24. The number of nitrogens with zero attached hydrogens (tertiary/aromatic N) is 2. The molecule has 0 saturated carbocycles. The number of aromatic nitrogens is 2. The fourth-order valence-electron chi connectivity index (χ4n) is 1.88. The maximum absolute atomic E-state index is 6.08. The first-order valence-corrected chi connectivity index (χ1v) is 7.88. The average molecular weight is 286 g/mol. The van der Waals surface area contributed by atoms with Gasteiger partial charge in [-0.1, -0.05) is 32.4 Å². The summed E-state index contributed by atoms with van der Waals surface area (Å²) in [6.45, 7) is 6.29. The van der Waals surface area contributed by atoms with Crippen molar-refractivity contribution in [1.82, 2.24) is 9.97 Å². The molecule has 100 valence electrons. The predicted molar refractivity (Wildman–Crippen MR) is 79.7 cm³/mol. The van der Waals surface area contributed by atoms with Crippen LogP contribution >= 0.6 is 23.4 Å². The molecule has 1 N–H and O–H groups in total. The Kier molecular flexibility index (Phi) is 4.38. The summed E-state index contributed by atoms with van der Waals surface area (Å²) in [5, 5.41) is 4.00. The first kappa shape index (κ1) is 13.9. The Balaban J connectivity index is 2.14. The molecule has 0 aliphatic carbocycles. The summed E-state index contributed by atoms with van der Waals surface area (Å²) in [7, 11) is 0. The molecule has 0 bridgehead atoms. The summed E-state index contributed by atoms with van der Waals surface area (Å²) in [4.78, 5) is 8.89. The van der Waals surface area contributed by atoms with Crippen LogP contribution in [0, 0.1) is 0 Å². The molecule has 1 aromatic heterocycles. The van der Waals surface area contributed by atoms with Crippen LogP contribution < -0.4 is 5.32 Å². The molecule has 0 radical (unpaired) electrons. The molecule has 0 atom stereocenters. The van der Waals surface area contributed by atoms with Crippen LogP contribution in [0.5, 0.6) is 0 Å². The van der Waals surface area contributed by atoms with Gasteiger partial charge >= 0.3 is 0 Å². The summed E-state index contributed by atoms with van der Waals surface area (Å²) in [5.41, 5.74) is -0.0796. The third-order valence-corrected chi connectivity index (χ3v) is 4.18. The van der Waals surface area contributed by atoms with Gasteiger partial charge in [-0.15, -0.1) is 0 Å². The Bertz CT molecular complexity index is 411. The Morgan fingerprint density at radius 2 is 1.94 bits per heavy atom. The van der Waals surface area contributed by atoms with Gasteiger partial charge in [0.05, 0.1) is 0 Å². The lowest BCUT2D eigenvalue weighted by Crippen LogP contribution is -2.26. The van der Waals surface area contributed by atoms with Gasteiger partial charge in [-0.3, -0.25) is 0 Å². The number of nitrogens with one attached hydrogen (secondary N) is 1. The van der Waals surface area contributed by atoms with Gasteiger partial charge in [-0.05, 0) is 24.3 Å². The monoisotopic (exact) mass is 285 g/mol. The van der Waals surface area contributed by atoms with Crippen LogP contribution in [0.4, 0.5) is 5.82 Å². The number of hydrogen-bond donors (Lipinski definition) is 1. The molecule has 0 spiro atoms. The highest BCUT2D eigenvalue weighted by Gasteiger charge is 2.20. The molecule has 1 aliphatic heterocycles. The van der Waals surface area contributed by atoms with Crippen molar-refractivity contribution in [2.45, 2.75) is 45.1 Å². The molecule has 1 fully saturated rings. The van der Waals surface area contributed by atoms with Crippen LogP contribution in [-0.2, 0) is 5.41 Å². The fourth-order valence-corrected chi connectivity index (χ4v) is 3.17. The largest absolute Gasteiger partial charge is 0.367 e. The van der Waals surface area contributed by atoms with E-state index < -0.39 is 0 Å². The summed E-state index contributed by atoms with van der Waals surface area (Å²) in [5.74, 6) is 4.10. The molecule has 3 nitrogen and oxygen atoms in total. The first-order valence-electron chi connectivity index (χ1n) is 6.34. The Hall–Kier alpha value is -0.480. The number of rotatable bonds is 2. The molecule has 0 unspecified atom stereocenters. The van der Waals surface area contributed by atoms with E-state index in [0.29, 0.717) is 11.2 Å². The third-order valence-electron chi connectivity index (χ3n) is 2.94. The summed E-state index contributed by atoms with van der Waals surface area (Å²) in [6.07, 6.45) is 2.38. The van der Waals surface area contributed by atoms with Crippen molar-refractivity contribution in [3.63, 3.8) is 0 Å². The minimum absolute atomic E-state index is 0.0796. The SMILES string of the molecule is CC(C)(C)c1nc(Cl)cc(NC2CCSCC2)n1. The fraction of sp³-hybridized carbons (Fsp3) is 0.692. The van der Waals surface area contributed by atoms with Crippen LogP contribution in [0.25, 0.3) is 0 Å². The lowest BCUT2D eigenvalue weighted by molar-refractivity contribution is 0.544. The number of hydrogen-bond acceptors (Lipinski definition) is 4. The second-order valence-electron chi connectivity index (χ2n) is 5.68. The van der Waals surface area contributed by atoms with Crippen LogP contribution in [0.2, 0.25) is 5.15 Å². The maximum atomic E-state index is 6.08. The van der Waals surface area contributed by atoms with E-state index in [9.17, 15) is 0 Å². The number of halogens is 1. The quantitative estimate of drug-likeness (QED) is 0.840. The van der Waals surface area contributed by atoms with Gasteiger partial charge in [-0.25, -0.2) is 9.97 Å². The lowest BCUT2D eigenvalue weighted by Gasteiger charge is -2.24. The summed E-state index contributed by atoms with van der Waals surface area (Å²) >= 11 is 8.10. The molecule has 1 aliphatic rings. The molecule has 2 rings (SSSR count). The van der Waals surface area contributed by atoms with Crippen molar-refractivity contribution >= 4 is 29.2 Å². The van der Waals surface area contributed by atoms with E-state index in [0.717, 1.165) is 11.6 Å². The van der Waals surface area contributed by atoms with E-state index >= 15 is 0 Å². The molecular formula is C13H20ClN3S. The zero-order valence-corrected chi connectivity index (χ0v) is 12.7. The Morgan fingerprint density at radius 1 is 1.28 bits per heavy atom. The van der Waals surface area contributed by atoms with Gasteiger partial charge in [0.1, 0.15) is 16.8 Å². The standard InChI is InChI=1S/C13H20ClN3S/c1-13(2,3)12-16-10(14)8-11(17-12)15-9-4-6-18-7-5-9/h8-9H,4-7H2,1-3H3,(H,15,16,17). The topological polar surface area (TPSA) is 37.8 Å². The molecule has 0 amide bonds. The second kappa shape index (κ2) is 5.66. The highest BCUT2D eigenvalue weighted by atomic mass is 35.5. The Labute approximate surface area is 118 Å². The van der Waals surface area contributed by atoms with E-state index in [1.807, 2.05) is 17.8 Å². The van der Waals surface area contributed by atoms with Crippen molar-refractivity contribution in [2.24, 2.45) is 0 Å². The number of thioether (sulfide) groups is 1. The van der Waals surface area contributed by atoms with Crippen molar-refractivity contribution < 1.29 is 0 Å². The van der Waals surface area contributed by atoms with E-state index in [1.54, 1.807) is 0 Å². The molecular weight excluding hydrogens is 266 g/mol. The predicted octanol–water partition coefficient (Wildman–Crippen LogP) is 3.74. The van der Waals surface area contributed by atoms with Gasteiger partial charge in [0.25, 0.3) is 0 Å².